The molecule has 488 valence electrons. The zero-order chi connectivity index (χ0) is 65.2. The zero-order valence-electron chi connectivity index (χ0n) is 49.8. The van der Waals surface area contributed by atoms with Crippen LogP contribution >= 0.6 is 0 Å². The lowest BCUT2D eigenvalue weighted by molar-refractivity contribution is -0.144. The maximum absolute atomic E-state index is 13.9. The molecule has 1 rings (SSSR count). The van der Waals surface area contributed by atoms with Crippen LogP contribution in [0, 0.1) is 11.8 Å². The van der Waals surface area contributed by atoms with Crippen LogP contribution in [0.5, 0.6) is 0 Å². The number of aliphatic imine (C=N–C) groups is 1. The number of carbonyl (C=O) groups is 13. The first-order valence-corrected chi connectivity index (χ1v) is 28.8. The number of nitrogens with one attached hydrogen (secondary N) is 10. The monoisotopic (exact) mass is 1230 g/mol. The number of rotatable bonds is 42. The summed E-state index contributed by atoms with van der Waals surface area (Å²) >= 11 is 0. The molecule has 34 heteroatoms. The van der Waals surface area contributed by atoms with Gasteiger partial charge in [-0.25, -0.2) is 4.79 Å². The number of nitrogens with zero attached hydrogens (tertiary/aromatic N) is 2. The molecule has 86 heavy (non-hydrogen) atoms. The van der Waals surface area contributed by atoms with Crippen LogP contribution in [0.15, 0.2) is 4.99 Å². The molecular weight excluding hydrogens is 1130 g/mol. The van der Waals surface area contributed by atoms with E-state index < -0.39 is 176 Å². The first-order chi connectivity index (χ1) is 40.5. The summed E-state index contributed by atoms with van der Waals surface area (Å²) in [5.74, 6) is -13.0. The predicted molar refractivity (Wildman–Crippen MR) is 310 cm³/mol. The van der Waals surface area contributed by atoms with Crippen molar-refractivity contribution in [2.24, 2.45) is 51.2 Å². The summed E-state index contributed by atoms with van der Waals surface area (Å²) in [6, 6.07) is -13.6. The molecule has 11 atom stereocenters. The van der Waals surface area contributed by atoms with E-state index in [1.54, 1.807) is 27.7 Å². The van der Waals surface area contributed by atoms with Crippen LogP contribution in [0.25, 0.3) is 0 Å². The van der Waals surface area contributed by atoms with Gasteiger partial charge in [-0.15, -0.1) is 0 Å². The van der Waals surface area contributed by atoms with Crippen LogP contribution in [-0.2, 0) is 62.3 Å². The van der Waals surface area contributed by atoms with Crippen molar-refractivity contribution in [2.75, 3.05) is 52.5 Å². The maximum atomic E-state index is 13.9. The number of guanidine groups is 1. The van der Waals surface area contributed by atoms with E-state index >= 15 is 0 Å². The highest BCUT2D eigenvalue weighted by Gasteiger charge is 2.38. The Morgan fingerprint density at radius 3 is 1.64 bits per heavy atom. The molecule has 0 aliphatic carbocycles. The predicted octanol–water partition coefficient (Wildman–Crippen LogP) is -8.22. The molecule has 1 aliphatic heterocycles. The number of carboxylic acids is 1. The average molecular weight is 1230 g/mol. The van der Waals surface area contributed by atoms with Gasteiger partial charge in [0.1, 0.15) is 60.4 Å². The number of primary amides is 1. The van der Waals surface area contributed by atoms with Gasteiger partial charge in [0, 0.05) is 13.1 Å². The molecule has 0 aromatic rings. The highest BCUT2D eigenvalue weighted by atomic mass is 16.4. The molecule has 25 N–H and O–H groups in total. The molecule has 1 saturated heterocycles. The van der Waals surface area contributed by atoms with Crippen LogP contribution in [0.3, 0.4) is 0 Å². The third kappa shape index (κ3) is 28.4. The smallest absolute Gasteiger partial charge is 0.326 e. The summed E-state index contributed by atoms with van der Waals surface area (Å²) in [5.41, 5.74) is 33.2. The van der Waals surface area contributed by atoms with Gasteiger partial charge in [-0.2, -0.15) is 0 Å². The van der Waals surface area contributed by atoms with E-state index in [4.69, 9.17) is 34.4 Å². The molecule has 0 unspecified atom stereocenters. The molecule has 0 radical (unpaired) electrons. The number of carboxylic acid groups (broad SMARTS) is 1. The zero-order valence-corrected chi connectivity index (χ0v) is 49.8. The lowest BCUT2D eigenvalue weighted by Crippen LogP contribution is -2.59. The molecule has 0 saturated carbocycles. The van der Waals surface area contributed by atoms with E-state index in [-0.39, 0.29) is 70.0 Å². The Morgan fingerprint density at radius 1 is 0.581 bits per heavy atom. The Bertz CT molecular complexity index is 2330. The number of carbonyl (C=O) groups excluding carboxylic acids is 12. The standard InChI is InChI=1S/C52H94N18O16/c1-6-28(4)41(51(85)86)69-49(83)34(21-27(2)3)67-48(82)35(22-38(56)73)63-39(74)23-60-45(79)36(26-72)68-42(76)29(5)62-46(80)33(15-11-19-59-52(57)58)66-50(84)37-16-12-20-70(37)40(75)24-61-44(78)31(13-7-9-17-53)65-47(81)32(14-8-10-18-54)64-43(77)30(55)25-71/h27-37,41,71-72H,6-26,53-55H2,1-5H3,(H2,56,73)(H,60,79)(H,61,78)(H,62,80)(H,63,74)(H,64,77)(H,65,81)(H,66,84)(H,67,82)(H,68,76)(H,69,83)(H,85,86)(H4,57,58,59)/t28-,29-,30-,31-,32-,33-,34-,35-,36-,37-,41-/m0/s1. The number of hydrogen-bond donors (Lipinski definition) is 19. The van der Waals surface area contributed by atoms with Crippen molar-refractivity contribution in [3.63, 3.8) is 0 Å². The summed E-state index contributed by atoms with van der Waals surface area (Å²) < 4.78 is 0. The first kappa shape index (κ1) is 76.2. The number of nitrogens with two attached hydrogens (primary N) is 6. The number of aliphatic hydroxyl groups excluding tert-OH is 2. The normalized spacial score (nSPS) is 16.3. The van der Waals surface area contributed by atoms with Crippen molar-refractivity contribution in [3.8, 4) is 0 Å². The van der Waals surface area contributed by atoms with Crippen LogP contribution in [0.2, 0.25) is 0 Å². The second-order valence-electron chi connectivity index (χ2n) is 21.3. The summed E-state index contributed by atoms with van der Waals surface area (Å²) in [7, 11) is 0. The molecule has 0 spiro atoms. The Balaban J connectivity index is 3.14. The van der Waals surface area contributed by atoms with Gasteiger partial charge in [0.15, 0.2) is 5.96 Å². The Hall–Kier alpha value is -7.82. The van der Waals surface area contributed by atoms with Gasteiger partial charge in [-0.1, -0.05) is 34.1 Å². The fraction of sp³-hybridized carbons (Fsp3) is 0.731. The second-order valence-corrected chi connectivity index (χ2v) is 21.3. The molecule has 0 aromatic carbocycles. The lowest BCUT2D eigenvalue weighted by atomic mass is 9.97. The third-order valence-corrected chi connectivity index (χ3v) is 13.7. The van der Waals surface area contributed by atoms with Gasteiger partial charge in [-0.05, 0) is 102 Å². The summed E-state index contributed by atoms with van der Waals surface area (Å²) in [5, 5.41) is 53.3. The van der Waals surface area contributed by atoms with E-state index in [2.05, 4.69) is 58.2 Å². The van der Waals surface area contributed by atoms with Gasteiger partial charge in [-0.3, -0.25) is 62.5 Å². The second kappa shape index (κ2) is 40.5. The lowest BCUT2D eigenvalue weighted by Gasteiger charge is -2.28. The summed E-state index contributed by atoms with van der Waals surface area (Å²) in [6.07, 6.45) is 2.24. The van der Waals surface area contributed by atoms with Crippen LogP contribution in [-0.4, -0.2) is 216 Å². The Labute approximate surface area is 499 Å². The minimum atomic E-state index is -1.73. The van der Waals surface area contributed by atoms with E-state index in [0.29, 0.717) is 45.1 Å². The minimum absolute atomic E-state index is 0.0118. The van der Waals surface area contributed by atoms with Crippen molar-refractivity contribution < 1.29 is 77.6 Å². The number of likely N-dealkylation sites (tertiary alicyclic amines) is 1. The van der Waals surface area contributed by atoms with Crippen LogP contribution in [0.4, 0.5) is 0 Å². The van der Waals surface area contributed by atoms with E-state index in [1.165, 1.54) is 11.8 Å². The molecule has 1 heterocycles. The Kier molecular flexibility index (Phi) is 35.9. The van der Waals surface area contributed by atoms with E-state index in [0.717, 1.165) is 0 Å². The molecule has 1 fully saturated rings. The van der Waals surface area contributed by atoms with Crippen molar-refractivity contribution in [2.45, 2.75) is 179 Å². The Morgan fingerprint density at radius 2 is 1.09 bits per heavy atom. The van der Waals surface area contributed by atoms with Gasteiger partial charge in [0.25, 0.3) is 0 Å². The highest BCUT2D eigenvalue weighted by Crippen LogP contribution is 2.19. The number of aliphatic hydroxyl groups is 2. The fourth-order valence-electron chi connectivity index (χ4n) is 8.65. The van der Waals surface area contributed by atoms with Crippen LogP contribution in [0.1, 0.15) is 118 Å². The summed E-state index contributed by atoms with van der Waals surface area (Å²) in [6.45, 7) is 5.52. The third-order valence-electron chi connectivity index (χ3n) is 13.7. The van der Waals surface area contributed by atoms with Gasteiger partial charge >= 0.3 is 5.97 Å². The van der Waals surface area contributed by atoms with E-state index in [9.17, 15) is 77.6 Å². The van der Waals surface area contributed by atoms with E-state index in [1.807, 2.05) is 0 Å². The van der Waals surface area contributed by atoms with Crippen molar-refractivity contribution in [1.82, 2.24) is 58.1 Å². The largest absolute Gasteiger partial charge is 0.480 e. The van der Waals surface area contributed by atoms with Crippen LogP contribution < -0.4 is 87.6 Å². The molecule has 34 nitrogen and oxygen atoms in total. The van der Waals surface area contributed by atoms with Gasteiger partial charge < -0.3 is 108 Å². The highest BCUT2D eigenvalue weighted by molar-refractivity contribution is 5.99. The molecule has 12 amide bonds. The molecular formula is C52H94N18O16. The number of aliphatic carboxylic acids is 1. The summed E-state index contributed by atoms with van der Waals surface area (Å²) in [4.78, 5) is 176. The fourth-order valence-corrected chi connectivity index (χ4v) is 8.65. The number of amides is 12. The van der Waals surface area contributed by atoms with Gasteiger partial charge in [0.05, 0.1) is 32.7 Å². The first-order valence-electron chi connectivity index (χ1n) is 28.8. The topological polar surface area (TPSA) is 575 Å². The number of unbranched alkanes of at least 4 members (excludes halogenated alkanes) is 2. The maximum Gasteiger partial charge on any atom is 0.326 e. The molecule has 1 aliphatic rings. The SMILES string of the molecule is CC[C@H](C)[C@H](NC(=O)[C@H](CC(C)C)NC(=O)[C@H](CC(N)=O)NC(=O)CNC(=O)[C@H](CO)NC(=O)[C@H](C)NC(=O)[C@H](CCCN=C(N)N)NC(=O)[C@@H]1CCCN1C(=O)CNC(=O)[C@H](CCCCN)NC(=O)[C@H](CCCCN)NC(=O)[C@@H](N)CO)C(=O)O. The average Bonchev–Trinajstić information content (AvgIpc) is 3.27. The molecule has 0 aromatic heterocycles. The van der Waals surface area contributed by atoms with Crippen molar-refractivity contribution in [1.29, 1.82) is 0 Å². The van der Waals surface area contributed by atoms with Crippen molar-refractivity contribution in [3.05, 3.63) is 0 Å². The van der Waals surface area contributed by atoms with Crippen molar-refractivity contribution >= 4 is 82.8 Å². The molecule has 0 bridgehead atoms. The minimum Gasteiger partial charge on any atom is -0.480 e. The quantitative estimate of drug-likeness (QED) is 0.0153. The van der Waals surface area contributed by atoms with Gasteiger partial charge in [0.2, 0.25) is 70.9 Å². The number of hydrogen-bond acceptors (Lipinski definition) is 19.